The van der Waals surface area contributed by atoms with Gasteiger partial charge >= 0.3 is 0 Å². The summed E-state index contributed by atoms with van der Waals surface area (Å²) in [5.74, 6) is -1.19. The molecule has 3 aromatic carbocycles. The molecule has 3 aliphatic heterocycles. The van der Waals surface area contributed by atoms with Crippen LogP contribution in [-0.2, 0) is 0 Å². The largest absolute Gasteiger partial charge is 0.367 e. The van der Waals surface area contributed by atoms with Crippen LogP contribution in [0.2, 0.25) is 24.2 Å². The molecule has 0 N–H and O–H groups in total. The van der Waals surface area contributed by atoms with Crippen molar-refractivity contribution in [2.24, 2.45) is 0 Å². The van der Waals surface area contributed by atoms with Gasteiger partial charge < -0.3 is 9.80 Å². The molecule has 0 saturated carbocycles. The number of nitrogens with zero attached hydrogens (tertiary/aromatic N) is 4. The number of halogens is 2. The summed E-state index contributed by atoms with van der Waals surface area (Å²) < 4.78 is 31.6. The molecule has 1 spiro atoms. The lowest BCUT2D eigenvalue weighted by atomic mass is 10.0. The smallest absolute Gasteiger partial charge is 0.269 e. The molecule has 6 rings (SSSR count). The minimum absolute atomic E-state index is 0.0318. The molecule has 0 unspecified atom stereocenters. The summed E-state index contributed by atoms with van der Waals surface area (Å²) >= 11 is 0. The molecule has 214 valence electrons. The van der Waals surface area contributed by atoms with Crippen LogP contribution in [0.5, 0.6) is 0 Å². The quantitative estimate of drug-likeness (QED) is 0.168. The van der Waals surface area contributed by atoms with E-state index in [0.717, 1.165) is 23.2 Å². The highest BCUT2D eigenvalue weighted by Crippen LogP contribution is 2.49. The number of non-ortho nitro benzene ring substituents is 2. The standard InChI is InChI=1S/C30H32F2N4O4Si/c31-26-19-25(20-27(32)30(26)33-13-17-41(18-14-33)15-1-2-16-41)34-28(21-3-7-23(8-4-21)35(37)38)11-12-29(34)22-5-9-24(10-6-22)36(39)40/h3-10,19-20,28-29H,1-2,11-18H2/t28-,29-/m0/s1. The first-order valence-electron chi connectivity index (χ1n) is 14.3. The molecule has 3 aliphatic rings. The van der Waals surface area contributed by atoms with Gasteiger partial charge in [0.25, 0.3) is 11.4 Å². The van der Waals surface area contributed by atoms with Gasteiger partial charge in [-0.2, -0.15) is 0 Å². The maximum Gasteiger partial charge on any atom is 0.269 e. The van der Waals surface area contributed by atoms with E-state index in [1.54, 1.807) is 24.3 Å². The average Bonchev–Trinajstić information content (AvgIpc) is 3.61. The molecular formula is C30H32F2N4O4Si. The molecule has 3 heterocycles. The number of nitro groups is 2. The first kappa shape index (κ1) is 27.3. The summed E-state index contributed by atoms with van der Waals surface area (Å²) in [5.41, 5.74) is 1.95. The predicted octanol–water partition coefficient (Wildman–Crippen LogP) is 7.93. The van der Waals surface area contributed by atoms with E-state index in [2.05, 4.69) is 0 Å². The summed E-state index contributed by atoms with van der Waals surface area (Å²) in [7, 11) is -1.26. The van der Waals surface area contributed by atoms with Gasteiger partial charge in [-0.15, -0.1) is 0 Å². The van der Waals surface area contributed by atoms with Crippen molar-refractivity contribution in [3.63, 3.8) is 0 Å². The van der Waals surface area contributed by atoms with Gasteiger partial charge in [0.2, 0.25) is 0 Å². The number of nitro benzene ring substituents is 2. The van der Waals surface area contributed by atoms with E-state index in [0.29, 0.717) is 31.6 Å². The van der Waals surface area contributed by atoms with E-state index >= 15 is 8.78 Å². The second-order valence-electron chi connectivity index (χ2n) is 11.7. The van der Waals surface area contributed by atoms with Crippen molar-refractivity contribution in [2.75, 3.05) is 22.9 Å². The molecule has 0 aliphatic carbocycles. The van der Waals surface area contributed by atoms with E-state index in [1.165, 1.54) is 61.3 Å². The molecule has 0 radical (unpaired) electrons. The Labute approximate surface area is 237 Å². The highest BCUT2D eigenvalue weighted by atomic mass is 28.3. The fraction of sp³-hybridized carbons (Fsp3) is 0.400. The molecule has 0 amide bonds. The van der Waals surface area contributed by atoms with Crippen LogP contribution in [0.1, 0.15) is 48.9 Å². The Morgan fingerprint density at radius 3 is 1.56 bits per heavy atom. The number of anilines is 2. The lowest BCUT2D eigenvalue weighted by Gasteiger charge is -2.39. The molecule has 3 aromatic rings. The highest BCUT2D eigenvalue weighted by molar-refractivity contribution is 6.80. The van der Waals surface area contributed by atoms with Gasteiger partial charge in [-0.25, -0.2) is 8.78 Å². The van der Waals surface area contributed by atoms with Crippen LogP contribution in [0, 0.1) is 31.9 Å². The zero-order chi connectivity index (χ0) is 28.7. The zero-order valence-corrected chi connectivity index (χ0v) is 23.7. The molecule has 0 aromatic heterocycles. The van der Waals surface area contributed by atoms with Crippen LogP contribution in [0.15, 0.2) is 60.7 Å². The van der Waals surface area contributed by atoms with Crippen LogP contribution in [0.25, 0.3) is 0 Å². The Bertz CT molecular complexity index is 1370. The third-order valence-electron chi connectivity index (χ3n) is 9.47. The molecule has 8 nitrogen and oxygen atoms in total. The first-order chi connectivity index (χ1) is 19.7. The summed E-state index contributed by atoms with van der Waals surface area (Å²) in [6.07, 6.45) is 3.88. The molecule has 3 saturated heterocycles. The van der Waals surface area contributed by atoms with Crippen LogP contribution < -0.4 is 9.80 Å². The lowest BCUT2D eigenvalue weighted by Crippen LogP contribution is -2.45. The van der Waals surface area contributed by atoms with Crippen LogP contribution in [0.4, 0.5) is 31.5 Å². The monoisotopic (exact) mass is 578 g/mol. The maximum absolute atomic E-state index is 15.8. The Hall–Kier alpha value is -3.86. The third kappa shape index (κ3) is 5.18. The van der Waals surface area contributed by atoms with Gasteiger partial charge in [0.05, 0.1) is 30.0 Å². The van der Waals surface area contributed by atoms with Crippen molar-refractivity contribution in [3.8, 4) is 0 Å². The Morgan fingerprint density at radius 1 is 0.707 bits per heavy atom. The number of hydrogen-bond donors (Lipinski definition) is 0. The minimum Gasteiger partial charge on any atom is -0.367 e. The van der Waals surface area contributed by atoms with Gasteiger partial charge in [-0.3, -0.25) is 20.2 Å². The van der Waals surface area contributed by atoms with Gasteiger partial charge in [0.15, 0.2) is 11.6 Å². The fourth-order valence-electron chi connectivity index (χ4n) is 7.29. The van der Waals surface area contributed by atoms with Crippen molar-refractivity contribution < 1.29 is 18.6 Å². The summed E-state index contributed by atoms with van der Waals surface area (Å²) in [5, 5.41) is 22.4. The molecule has 11 heteroatoms. The molecule has 41 heavy (non-hydrogen) atoms. The van der Waals surface area contributed by atoms with E-state index in [1.807, 2.05) is 9.80 Å². The summed E-state index contributed by atoms with van der Waals surface area (Å²) in [6.45, 7) is 1.39. The molecule has 3 fully saturated rings. The van der Waals surface area contributed by atoms with E-state index in [-0.39, 0.29) is 29.1 Å². The second-order valence-corrected chi connectivity index (χ2v) is 16.7. The zero-order valence-electron chi connectivity index (χ0n) is 22.7. The second kappa shape index (κ2) is 10.8. The Kier molecular flexibility index (Phi) is 7.23. The SMILES string of the molecule is O=[N+]([O-])c1ccc([C@@H]2CC[C@@H](c3ccc([N+](=O)[O-])cc3)N2c2cc(F)c(N3CC[Si]4(CCCC4)CC3)c(F)c2)cc1. The van der Waals surface area contributed by atoms with Crippen LogP contribution in [-0.4, -0.2) is 31.0 Å². The van der Waals surface area contributed by atoms with Crippen LogP contribution in [0.3, 0.4) is 0 Å². The van der Waals surface area contributed by atoms with Crippen LogP contribution >= 0.6 is 0 Å². The maximum atomic E-state index is 15.8. The average molecular weight is 579 g/mol. The number of hydrogen-bond acceptors (Lipinski definition) is 6. The minimum atomic E-state index is -1.26. The van der Waals surface area contributed by atoms with E-state index in [9.17, 15) is 20.2 Å². The first-order valence-corrected chi connectivity index (χ1v) is 17.1. The Balaban J connectivity index is 1.34. The lowest BCUT2D eigenvalue weighted by molar-refractivity contribution is -0.385. The molecular weight excluding hydrogens is 546 g/mol. The van der Waals surface area contributed by atoms with E-state index < -0.39 is 29.6 Å². The number of rotatable bonds is 6. The van der Waals surface area contributed by atoms with Gasteiger partial charge in [-0.05, 0) is 48.2 Å². The third-order valence-corrected chi connectivity index (χ3v) is 14.9. The van der Waals surface area contributed by atoms with Crippen molar-refractivity contribution in [2.45, 2.75) is 61.9 Å². The van der Waals surface area contributed by atoms with Gasteiger partial charge in [0, 0.05) is 43.0 Å². The van der Waals surface area contributed by atoms with Crippen molar-refractivity contribution >= 4 is 30.8 Å². The predicted molar refractivity (Wildman–Crippen MR) is 156 cm³/mol. The van der Waals surface area contributed by atoms with E-state index in [4.69, 9.17) is 0 Å². The number of benzene rings is 3. The van der Waals surface area contributed by atoms with Gasteiger partial charge in [0.1, 0.15) is 5.69 Å². The topological polar surface area (TPSA) is 92.8 Å². The van der Waals surface area contributed by atoms with Gasteiger partial charge in [-0.1, -0.05) is 49.2 Å². The van der Waals surface area contributed by atoms with Crippen molar-refractivity contribution in [1.29, 1.82) is 0 Å². The normalized spacial score (nSPS) is 21.9. The van der Waals surface area contributed by atoms with Crippen molar-refractivity contribution in [1.82, 2.24) is 0 Å². The summed E-state index contributed by atoms with van der Waals surface area (Å²) in [6, 6.07) is 19.6. The Morgan fingerprint density at radius 2 is 1.15 bits per heavy atom. The fourth-order valence-corrected chi connectivity index (χ4v) is 12.3. The van der Waals surface area contributed by atoms with Crippen molar-refractivity contribution in [3.05, 3.63) is 104 Å². The molecule has 2 atom stereocenters. The summed E-state index contributed by atoms with van der Waals surface area (Å²) in [4.78, 5) is 25.3. The highest BCUT2D eigenvalue weighted by Gasteiger charge is 2.41. The molecule has 0 bridgehead atoms.